The third-order valence-electron chi connectivity index (χ3n) is 5.09. The Morgan fingerprint density at radius 2 is 1.89 bits per heavy atom. The topological polar surface area (TPSA) is 59.2 Å². The molecule has 6 heteroatoms. The summed E-state index contributed by atoms with van der Waals surface area (Å²) in [6.07, 6.45) is 3.74. The minimum atomic E-state index is -0.318. The molecular formula is C22H22FN3O2. The number of halogens is 1. The second-order valence-corrected chi connectivity index (χ2v) is 7.14. The number of unbranched alkanes of at least 4 members (excludes halogenated alkanes) is 1. The molecule has 1 amide bonds. The second kappa shape index (κ2) is 7.92. The Balaban J connectivity index is 1.47. The summed E-state index contributed by atoms with van der Waals surface area (Å²) in [5.74, 6) is 0.460. The fourth-order valence-electron chi connectivity index (χ4n) is 3.46. The number of aryl methyl sites for hydroxylation is 1. The minimum Gasteiger partial charge on any atom is -0.334 e. The highest BCUT2D eigenvalue weighted by molar-refractivity contribution is 5.96. The molecule has 1 aliphatic heterocycles. The van der Waals surface area contributed by atoms with Crippen molar-refractivity contribution in [2.75, 3.05) is 11.4 Å². The smallest absolute Gasteiger partial charge is 0.257 e. The highest BCUT2D eigenvalue weighted by Gasteiger charge is 2.34. The van der Waals surface area contributed by atoms with Crippen LogP contribution in [0.2, 0.25) is 0 Å². The lowest BCUT2D eigenvalue weighted by Gasteiger charge is -2.16. The zero-order chi connectivity index (χ0) is 19.5. The second-order valence-electron chi connectivity index (χ2n) is 7.14. The van der Waals surface area contributed by atoms with Gasteiger partial charge in [0.1, 0.15) is 5.82 Å². The van der Waals surface area contributed by atoms with Gasteiger partial charge in [0.25, 0.3) is 5.89 Å². The van der Waals surface area contributed by atoms with E-state index in [0.717, 1.165) is 18.5 Å². The molecule has 1 atom stereocenters. The first-order valence-electron chi connectivity index (χ1n) is 9.63. The van der Waals surface area contributed by atoms with E-state index < -0.39 is 0 Å². The van der Waals surface area contributed by atoms with E-state index in [0.29, 0.717) is 30.2 Å². The van der Waals surface area contributed by atoms with Crippen molar-refractivity contribution in [3.63, 3.8) is 0 Å². The molecule has 2 aromatic carbocycles. The lowest BCUT2D eigenvalue weighted by molar-refractivity contribution is -0.117. The van der Waals surface area contributed by atoms with E-state index in [1.807, 2.05) is 12.1 Å². The van der Waals surface area contributed by atoms with E-state index >= 15 is 0 Å². The summed E-state index contributed by atoms with van der Waals surface area (Å²) in [6.45, 7) is 2.70. The van der Waals surface area contributed by atoms with Gasteiger partial charge < -0.3 is 9.42 Å². The number of hydrogen-bond donors (Lipinski definition) is 0. The van der Waals surface area contributed by atoms with E-state index in [-0.39, 0.29) is 17.6 Å². The van der Waals surface area contributed by atoms with Crippen LogP contribution in [0.25, 0.3) is 11.5 Å². The number of hydrogen-bond acceptors (Lipinski definition) is 4. The SMILES string of the molecule is CCCCc1ccc(N2CC(c3noc(-c4ccc(F)cc4)n3)CC2=O)cc1. The first-order valence-corrected chi connectivity index (χ1v) is 9.63. The van der Waals surface area contributed by atoms with Crippen LogP contribution in [0.4, 0.5) is 10.1 Å². The summed E-state index contributed by atoms with van der Waals surface area (Å²) in [7, 11) is 0. The molecule has 2 heterocycles. The van der Waals surface area contributed by atoms with Gasteiger partial charge in [0.05, 0.1) is 0 Å². The quantitative estimate of drug-likeness (QED) is 0.621. The maximum atomic E-state index is 13.1. The molecule has 1 aliphatic rings. The van der Waals surface area contributed by atoms with Gasteiger partial charge in [-0.05, 0) is 54.8 Å². The fourth-order valence-corrected chi connectivity index (χ4v) is 3.46. The molecule has 28 heavy (non-hydrogen) atoms. The molecule has 0 spiro atoms. The molecule has 144 valence electrons. The van der Waals surface area contributed by atoms with Crippen molar-refractivity contribution in [2.24, 2.45) is 0 Å². The predicted molar refractivity (Wildman–Crippen MR) is 104 cm³/mol. The lowest BCUT2D eigenvalue weighted by atomic mass is 10.1. The zero-order valence-corrected chi connectivity index (χ0v) is 15.8. The van der Waals surface area contributed by atoms with Crippen LogP contribution in [0.15, 0.2) is 53.1 Å². The molecule has 1 unspecified atom stereocenters. The van der Waals surface area contributed by atoms with E-state index in [9.17, 15) is 9.18 Å². The maximum absolute atomic E-state index is 13.1. The number of carbonyl (C=O) groups excluding carboxylic acids is 1. The number of carbonyl (C=O) groups is 1. The van der Waals surface area contributed by atoms with Gasteiger partial charge in [-0.25, -0.2) is 4.39 Å². The van der Waals surface area contributed by atoms with Crippen LogP contribution in [0.1, 0.15) is 43.5 Å². The Morgan fingerprint density at radius 1 is 1.14 bits per heavy atom. The van der Waals surface area contributed by atoms with Crippen LogP contribution < -0.4 is 4.90 Å². The van der Waals surface area contributed by atoms with E-state index in [2.05, 4.69) is 29.2 Å². The van der Waals surface area contributed by atoms with Crippen LogP contribution in [0, 0.1) is 5.82 Å². The van der Waals surface area contributed by atoms with Gasteiger partial charge >= 0.3 is 0 Å². The molecule has 0 N–H and O–H groups in total. The summed E-state index contributed by atoms with van der Waals surface area (Å²) < 4.78 is 18.4. The van der Waals surface area contributed by atoms with Gasteiger partial charge in [-0.1, -0.05) is 30.6 Å². The minimum absolute atomic E-state index is 0.0550. The average Bonchev–Trinajstić information content (AvgIpc) is 3.34. The number of aromatic nitrogens is 2. The Bertz CT molecular complexity index is 951. The summed E-state index contributed by atoms with van der Waals surface area (Å²) >= 11 is 0. The van der Waals surface area contributed by atoms with Gasteiger partial charge in [-0.2, -0.15) is 4.98 Å². The maximum Gasteiger partial charge on any atom is 0.257 e. The van der Waals surface area contributed by atoms with Gasteiger partial charge in [-0.15, -0.1) is 0 Å². The first kappa shape index (κ1) is 18.3. The highest BCUT2D eigenvalue weighted by atomic mass is 19.1. The van der Waals surface area contributed by atoms with Crippen molar-refractivity contribution >= 4 is 11.6 Å². The van der Waals surface area contributed by atoms with Crippen molar-refractivity contribution in [3.05, 3.63) is 65.7 Å². The summed E-state index contributed by atoms with van der Waals surface area (Å²) in [4.78, 5) is 18.7. The molecule has 1 aromatic heterocycles. The van der Waals surface area contributed by atoms with Crippen LogP contribution in [0.3, 0.4) is 0 Å². The van der Waals surface area contributed by atoms with Gasteiger partial charge in [0.15, 0.2) is 5.82 Å². The fraction of sp³-hybridized carbons (Fsp3) is 0.318. The molecule has 1 saturated heterocycles. The molecule has 0 radical (unpaired) electrons. The molecule has 0 saturated carbocycles. The third kappa shape index (κ3) is 3.81. The Hall–Kier alpha value is -3.02. The normalized spacial score (nSPS) is 16.7. The first-order chi connectivity index (χ1) is 13.6. The van der Waals surface area contributed by atoms with Crippen molar-refractivity contribution in [2.45, 2.75) is 38.5 Å². The lowest BCUT2D eigenvalue weighted by Crippen LogP contribution is -2.24. The monoisotopic (exact) mass is 379 g/mol. The molecule has 0 bridgehead atoms. The summed E-state index contributed by atoms with van der Waals surface area (Å²) in [5.41, 5.74) is 2.84. The molecule has 3 aromatic rings. The molecule has 1 fully saturated rings. The standard InChI is InChI=1S/C22H22FN3O2/c1-2-3-4-15-5-11-19(12-6-15)26-14-17(13-20(26)27)21-24-22(28-25-21)16-7-9-18(23)10-8-16/h5-12,17H,2-4,13-14H2,1H3. The van der Waals surface area contributed by atoms with Crippen molar-refractivity contribution in [3.8, 4) is 11.5 Å². The van der Waals surface area contributed by atoms with Gasteiger partial charge in [0.2, 0.25) is 5.91 Å². The number of benzene rings is 2. The predicted octanol–water partition coefficient (Wildman–Crippen LogP) is 4.74. The van der Waals surface area contributed by atoms with Crippen molar-refractivity contribution < 1.29 is 13.7 Å². The van der Waals surface area contributed by atoms with E-state index in [1.54, 1.807) is 17.0 Å². The van der Waals surface area contributed by atoms with Crippen LogP contribution in [-0.4, -0.2) is 22.6 Å². The molecule has 5 nitrogen and oxygen atoms in total. The van der Waals surface area contributed by atoms with Gasteiger partial charge in [0, 0.05) is 30.1 Å². The van der Waals surface area contributed by atoms with Gasteiger partial charge in [-0.3, -0.25) is 4.79 Å². The van der Waals surface area contributed by atoms with E-state index in [4.69, 9.17) is 4.52 Å². The highest BCUT2D eigenvalue weighted by Crippen LogP contribution is 2.31. The number of nitrogens with zero attached hydrogens (tertiary/aromatic N) is 3. The van der Waals surface area contributed by atoms with Crippen LogP contribution in [0.5, 0.6) is 0 Å². The molecular weight excluding hydrogens is 357 g/mol. The van der Waals surface area contributed by atoms with E-state index in [1.165, 1.54) is 24.1 Å². The van der Waals surface area contributed by atoms with Crippen LogP contribution >= 0.6 is 0 Å². The Labute approximate surface area is 163 Å². The average molecular weight is 379 g/mol. The Morgan fingerprint density at radius 3 is 2.61 bits per heavy atom. The molecule has 0 aliphatic carbocycles. The largest absolute Gasteiger partial charge is 0.334 e. The third-order valence-corrected chi connectivity index (χ3v) is 5.09. The van der Waals surface area contributed by atoms with Crippen LogP contribution in [-0.2, 0) is 11.2 Å². The zero-order valence-electron chi connectivity index (χ0n) is 15.8. The molecule has 4 rings (SSSR count). The summed E-state index contributed by atoms with van der Waals surface area (Å²) in [6, 6.07) is 14.1. The number of anilines is 1. The summed E-state index contributed by atoms with van der Waals surface area (Å²) in [5, 5.41) is 4.05. The number of rotatable bonds is 6. The number of amides is 1. The van der Waals surface area contributed by atoms with Crippen molar-refractivity contribution in [1.82, 2.24) is 10.1 Å². The van der Waals surface area contributed by atoms with Crippen molar-refractivity contribution in [1.29, 1.82) is 0 Å². The Kier molecular flexibility index (Phi) is 5.19.